The Bertz CT molecular complexity index is 1380. The number of anilines is 2. The summed E-state index contributed by atoms with van der Waals surface area (Å²) in [6.45, 7) is 10.1. The van der Waals surface area contributed by atoms with Gasteiger partial charge in [-0.2, -0.15) is 0 Å². The van der Waals surface area contributed by atoms with Crippen LogP contribution in [0, 0.1) is 19.8 Å². The Labute approximate surface area is 237 Å². The number of carbonyl (C=O) groups is 3. The van der Waals surface area contributed by atoms with E-state index < -0.39 is 24.4 Å². The standard InChI is InChI=1S/C31H33BrN2O5/c1-19-15-27(20(2)14-26(19)32)33-28(35)18-38-30(37)21-16-29(36)34(17-21)23-8-12-25(13-9-23)39-24-10-6-22(7-11-24)31(3,4)5/h6-15,21H,16-18H2,1-5H3,(H,33,35)/t21-/m1/s1. The maximum absolute atomic E-state index is 12.7. The maximum Gasteiger partial charge on any atom is 0.311 e. The molecule has 0 aromatic heterocycles. The minimum atomic E-state index is -0.640. The van der Waals surface area contributed by atoms with Crippen LogP contribution in [0.1, 0.15) is 43.9 Å². The van der Waals surface area contributed by atoms with Gasteiger partial charge in [0.05, 0.1) is 5.92 Å². The van der Waals surface area contributed by atoms with Gasteiger partial charge >= 0.3 is 5.97 Å². The van der Waals surface area contributed by atoms with Crippen molar-refractivity contribution in [3.05, 3.63) is 81.8 Å². The lowest BCUT2D eigenvalue weighted by Gasteiger charge is -2.19. The molecule has 3 aromatic carbocycles. The van der Waals surface area contributed by atoms with Crippen LogP contribution < -0.4 is 15.0 Å². The zero-order valence-electron chi connectivity index (χ0n) is 22.8. The number of nitrogens with zero attached hydrogens (tertiary/aromatic N) is 1. The van der Waals surface area contributed by atoms with Crippen LogP contribution in [0.4, 0.5) is 11.4 Å². The largest absolute Gasteiger partial charge is 0.457 e. The van der Waals surface area contributed by atoms with Crippen molar-refractivity contribution in [3.63, 3.8) is 0 Å². The lowest BCUT2D eigenvalue weighted by atomic mass is 9.87. The van der Waals surface area contributed by atoms with E-state index in [1.54, 1.807) is 29.2 Å². The van der Waals surface area contributed by atoms with E-state index in [4.69, 9.17) is 9.47 Å². The molecular formula is C31H33BrN2O5. The molecule has 1 saturated heterocycles. The fraction of sp³-hybridized carbons (Fsp3) is 0.323. The highest BCUT2D eigenvalue weighted by atomic mass is 79.9. The first-order valence-corrected chi connectivity index (χ1v) is 13.6. The van der Waals surface area contributed by atoms with Crippen molar-refractivity contribution in [2.24, 2.45) is 5.92 Å². The van der Waals surface area contributed by atoms with Gasteiger partial charge in [0.25, 0.3) is 5.91 Å². The van der Waals surface area contributed by atoms with Crippen LogP contribution in [0.3, 0.4) is 0 Å². The lowest BCUT2D eigenvalue weighted by molar-refractivity contribution is -0.151. The predicted octanol–water partition coefficient (Wildman–Crippen LogP) is 6.69. The molecule has 0 spiro atoms. The van der Waals surface area contributed by atoms with E-state index in [1.165, 1.54) is 5.56 Å². The number of amides is 2. The number of halogens is 1. The molecule has 2 amide bonds. The van der Waals surface area contributed by atoms with Crippen LogP contribution in [0.15, 0.2) is 65.1 Å². The second-order valence-corrected chi connectivity index (χ2v) is 11.7. The molecule has 1 atom stereocenters. The fourth-order valence-corrected chi connectivity index (χ4v) is 4.78. The second kappa shape index (κ2) is 11.6. The van der Waals surface area contributed by atoms with Gasteiger partial charge in [0.1, 0.15) is 11.5 Å². The third kappa shape index (κ3) is 7.06. The Morgan fingerprint density at radius 1 is 0.974 bits per heavy atom. The van der Waals surface area contributed by atoms with Gasteiger partial charge < -0.3 is 19.7 Å². The zero-order chi connectivity index (χ0) is 28.3. The molecule has 8 heteroatoms. The molecule has 204 valence electrons. The first-order valence-electron chi connectivity index (χ1n) is 12.8. The molecule has 0 unspecified atom stereocenters. The van der Waals surface area contributed by atoms with Crippen molar-refractivity contribution in [2.75, 3.05) is 23.4 Å². The Kier molecular flexibility index (Phi) is 8.45. The number of ether oxygens (including phenoxy) is 2. The van der Waals surface area contributed by atoms with Crippen molar-refractivity contribution < 1.29 is 23.9 Å². The average molecular weight is 594 g/mol. The molecule has 1 N–H and O–H groups in total. The molecular weight excluding hydrogens is 560 g/mol. The summed E-state index contributed by atoms with van der Waals surface area (Å²) < 4.78 is 12.1. The van der Waals surface area contributed by atoms with Crippen LogP contribution in [-0.4, -0.2) is 30.9 Å². The van der Waals surface area contributed by atoms with Gasteiger partial charge in [0.2, 0.25) is 5.91 Å². The summed E-state index contributed by atoms with van der Waals surface area (Å²) in [5.74, 6) is -0.438. The van der Waals surface area contributed by atoms with Crippen molar-refractivity contribution in [1.82, 2.24) is 0 Å². The molecule has 7 nitrogen and oxygen atoms in total. The van der Waals surface area contributed by atoms with E-state index in [0.29, 0.717) is 17.1 Å². The third-order valence-corrected chi connectivity index (χ3v) is 7.54. The highest BCUT2D eigenvalue weighted by molar-refractivity contribution is 9.10. The molecule has 0 bridgehead atoms. The number of esters is 1. The van der Waals surface area contributed by atoms with Crippen molar-refractivity contribution in [1.29, 1.82) is 0 Å². The summed E-state index contributed by atoms with van der Waals surface area (Å²) >= 11 is 3.46. The molecule has 0 radical (unpaired) electrons. The lowest BCUT2D eigenvalue weighted by Crippen LogP contribution is -2.28. The highest BCUT2D eigenvalue weighted by Gasteiger charge is 2.36. The summed E-state index contributed by atoms with van der Waals surface area (Å²) in [6, 6.07) is 18.9. The molecule has 1 heterocycles. The highest BCUT2D eigenvalue weighted by Crippen LogP contribution is 2.31. The molecule has 39 heavy (non-hydrogen) atoms. The normalized spacial score (nSPS) is 15.3. The monoisotopic (exact) mass is 592 g/mol. The number of hydrogen-bond donors (Lipinski definition) is 1. The minimum Gasteiger partial charge on any atom is -0.457 e. The van der Waals surface area contributed by atoms with Crippen LogP contribution in [-0.2, 0) is 24.5 Å². The van der Waals surface area contributed by atoms with Crippen molar-refractivity contribution >= 4 is 45.1 Å². The Hall–Kier alpha value is -3.65. The molecule has 1 aliphatic rings. The van der Waals surface area contributed by atoms with Gasteiger partial charge in [0, 0.05) is 28.8 Å². The van der Waals surface area contributed by atoms with E-state index in [1.807, 2.05) is 38.1 Å². The summed E-state index contributed by atoms with van der Waals surface area (Å²) in [5.41, 5.74) is 4.49. The predicted molar refractivity (Wildman–Crippen MR) is 155 cm³/mol. The zero-order valence-corrected chi connectivity index (χ0v) is 24.4. The number of rotatable bonds is 7. The van der Waals surface area contributed by atoms with Gasteiger partial charge in [-0.3, -0.25) is 14.4 Å². The average Bonchev–Trinajstić information content (AvgIpc) is 3.27. The van der Waals surface area contributed by atoms with E-state index in [-0.39, 0.29) is 24.3 Å². The Morgan fingerprint density at radius 2 is 1.59 bits per heavy atom. The van der Waals surface area contributed by atoms with E-state index in [0.717, 1.165) is 21.3 Å². The van der Waals surface area contributed by atoms with Crippen molar-refractivity contribution in [2.45, 2.75) is 46.5 Å². The van der Waals surface area contributed by atoms with Gasteiger partial charge in [-0.05, 0) is 84.5 Å². The summed E-state index contributed by atoms with van der Waals surface area (Å²) in [6.07, 6.45) is 0.0316. The molecule has 0 aliphatic carbocycles. The number of carbonyl (C=O) groups excluding carboxylic acids is 3. The van der Waals surface area contributed by atoms with Crippen LogP contribution >= 0.6 is 15.9 Å². The van der Waals surface area contributed by atoms with Gasteiger partial charge in [0.15, 0.2) is 6.61 Å². The molecule has 3 aromatic rings. The molecule has 4 rings (SSSR count). The first-order chi connectivity index (χ1) is 18.4. The Balaban J connectivity index is 1.30. The van der Waals surface area contributed by atoms with Crippen LogP contribution in [0.25, 0.3) is 0 Å². The quantitative estimate of drug-likeness (QED) is 0.309. The van der Waals surface area contributed by atoms with Gasteiger partial charge in [-0.1, -0.05) is 48.8 Å². The SMILES string of the molecule is Cc1cc(NC(=O)COC(=O)[C@@H]2CC(=O)N(c3ccc(Oc4ccc(C(C)(C)C)cc4)cc3)C2)c(C)cc1Br. The van der Waals surface area contributed by atoms with Crippen LogP contribution in [0.2, 0.25) is 0 Å². The minimum absolute atomic E-state index is 0.0316. The summed E-state index contributed by atoms with van der Waals surface area (Å²) in [7, 11) is 0. The third-order valence-electron chi connectivity index (χ3n) is 6.69. The van der Waals surface area contributed by atoms with Crippen molar-refractivity contribution in [3.8, 4) is 11.5 Å². The summed E-state index contributed by atoms with van der Waals surface area (Å²) in [4.78, 5) is 39.2. The number of aryl methyl sites for hydroxylation is 2. The molecule has 1 aliphatic heterocycles. The number of nitrogens with one attached hydrogen (secondary N) is 1. The second-order valence-electron chi connectivity index (χ2n) is 10.8. The maximum atomic E-state index is 12.7. The molecule has 1 fully saturated rings. The van der Waals surface area contributed by atoms with E-state index in [2.05, 4.69) is 54.2 Å². The smallest absolute Gasteiger partial charge is 0.311 e. The van der Waals surface area contributed by atoms with E-state index >= 15 is 0 Å². The first kappa shape index (κ1) is 28.4. The Morgan fingerprint density at radius 3 is 2.21 bits per heavy atom. The van der Waals surface area contributed by atoms with Gasteiger partial charge in [-0.25, -0.2) is 0 Å². The summed E-state index contributed by atoms with van der Waals surface area (Å²) in [5, 5.41) is 2.77. The van der Waals surface area contributed by atoms with Crippen LogP contribution in [0.5, 0.6) is 11.5 Å². The molecule has 0 saturated carbocycles. The van der Waals surface area contributed by atoms with E-state index in [9.17, 15) is 14.4 Å². The number of benzene rings is 3. The van der Waals surface area contributed by atoms with Gasteiger partial charge in [-0.15, -0.1) is 0 Å². The number of hydrogen-bond acceptors (Lipinski definition) is 5. The fourth-order valence-electron chi connectivity index (χ4n) is 4.32. The topological polar surface area (TPSA) is 84.9 Å².